The molecule has 0 aromatic heterocycles. The third-order valence-electron chi connectivity index (χ3n) is 5.74. The summed E-state index contributed by atoms with van der Waals surface area (Å²) in [6, 6.07) is 0. The zero-order valence-electron chi connectivity index (χ0n) is 17.6. The van der Waals surface area contributed by atoms with E-state index < -0.39 is 0 Å². The second-order valence-corrected chi connectivity index (χ2v) is 7.91. The molecule has 0 rings (SSSR count). The van der Waals surface area contributed by atoms with Crippen LogP contribution in [0, 0.1) is 0 Å². The Hall–Kier alpha value is -0.300. The molecule has 0 saturated carbocycles. The van der Waals surface area contributed by atoms with Crippen molar-refractivity contribution >= 4 is 0 Å². The summed E-state index contributed by atoms with van der Waals surface area (Å²) in [4.78, 5) is 0. The molecule has 1 nitrogen and oxygen atoms in total. The summed E-state index contributed by atoms with van der Waals surface area (Å²) in [6.07, 6.45) is 24.5. The standard InChI is InChI=1S/C23H48N/c1-5-8-9-10-11-12-13-14-15-16-17-18-19-20-21-22-23-24(4,6-2)7-3/h14-15H,5-13,16-23H2,1-4H3/q+1/b15-14-. The largest absolute Gasteiger partial charge is 0.327 e. The molecule has 0 saturated heterocycles. The molecule has 0 unspecified atom stereocenters. The Morgan fingerprint density at radius 1 is 0.542 bits per heavy atom. The van der Waals surface area contributed by atoms with Gasteiger partial charge in [-0.25, -0.2) is 0 Å². The quantitative estimate of drug-likeness (QED) is 0.138. The van der Waals surface area contributed by atoms with Gasteiger partial charge in [0.05, 0.1) is 26.7 Å². The van der Waals surface area contributed by atoms with Crippen molar-refractivity contribution in [2.24, 2.45) is 0 Å². The van der Waals surface area contributed by atoms with E-state index in [-0.39, 0.29) is 0 Å². The van der Waals surface area contributed by atoms with Gasteiger partial charge >= 0.3 is 0 Å². The summed E-state index contributed by atoms with van der Waals surface area (Å²) in [5, 5.41) is 0. The number of hydrogen-bond acceptors (Lipinski definition) is 0. The van der Waals surface area contributed by atoms with Crippen LogP contribution in [0.3, 0.4) is 0 Å². The van der Waals surface area contributed by atoms with E-state index in [2.05, 4.69) is 40.0 Å². The van der Waals surface area contributed by atoms with E-state index in [1.54, 1.807) is 0 Å². The third kappa shape index (κ3) is 15.2. The topological polar surface area (TPSA) is 0 Å². The Labute approximate surface area is 154 Å². The van der Waals surface area contributed by atoms with Crippen molar-refractivity contribution in [3.05, 3.63) is 12.2 Å². The molecule has 0 bridgehead atoms. The summed E-state index contributed by atoms with van der Waals surface area (Å²) < 4.78 is 1.25. The van der Waals surface area contributed by atoms with E-state index in [1.165, 1.54) is 114 Å². The highest BCUT2D eigenvalue weighted by atomic mass is 15.3. The van der Waals surface area contributed by atoms with Gasteiger partial charge in [-0.3, -0.25) is 0 Å². The average Bonchev–Trinajstić information content (AvgIpc) is 2.61. The third-order valence-corrected chi connectivity index (χ3v) is 5.74. The smallest absolute Gasteiger partial charge is 0.0784 e. The fourth-order valence-electron chi connectivity index (χ4n) is 3.28. The van der Waals surface area contributed by atoms with Crippen LogP contribution in [0.25, 0.3) is 0 Å². The van der Waals surface area contributed by atoms with E-state index in [9.17, 15) is 0 Å². The highest BCUT2D eigenvalue weighted by Gasteiger charge is 2.14. The lowest BCUT2D eigenvalue weighted by molar-refractivity contribution is -0.906. The van der Waals surface area contributed by atoms with E-state index >= 15 is 0 Å². The zero-order chi connectivity index (χ0) is 17.9. The molecular weight excluding hydrogens is 290 g/mol. The summed E-state index contributed by atoms with van der Waals surface area (Å²) in [7, 11) is 2.40. The number of quaternary nitrogens is 1. The number of unbranched alkanes of at least 4 members (excludes halogenated alkanes) is 12. The van der Waals surface area contributed by atoms with E-state index in [0.29, 0.717) is 0 Å². The minimum absolute atomic E-state index is 1.25. The Balaban J connectivity index is 3.23. The lowest BCUT2D eigenvalue weighted by Crippen LogP contribution is -2.44. The lowest BCUT2D eigenvalue weighted by atomic mass is 10.1. The molecule has 0 aliphatic rings. The SMILES string of the molecule is CCCCCCCC/C=C\CCCCCCCC[N+](C)(CC)CC. The van der Waals surface area contributed by atoms with Gasteiger partial charge in [0.15, 0.2) is 0 Å². The first-order valence-corrected chi connectivity index (χ1v) is 11.2. The van der Waals surface area contributed by atoms with Gasteiger partial charge in [-0.1, -0.05) is 70.4 Å². The number of hydrogen-bond donors (Lipinski definition) is 0. The van der Waals surface area contributed by atoms with Gasteiger partial charge in [-0.2, -0.15) is 0 Å². The Kier molecular flexibility index (Phi) is 17.3. The van der Waals surface area contributed by atoms with Gasteiger partial charge in [-0.15, -0.1) is 0 Å². The van der Waals surface area contributed by atoms with Crippen LogP contribution in [-0.4, -0.2) is 31.2 Å². The summed E-state index contributed by atoms with van der Waals surface area (Å²) in [5.41, 5.74) is 0. The van der Waals surface area contributed by atoms with E-state index in [4.69, 9.17) is 0 Å². The molecule has 0 spiro atoms. The second kappa shape index (κ2) is 17.5. The average molecular weight is 339 g/mol. The molecule has 0 amide bonds. The highest BCUT2D eigenvalue weighted by molar-refractivity contribution is 4.81. The van der Waals surface area contributed by atoms with Crippen LogP contribution in [0.1, 0.15) is 111 Å². The fourth-order valence-corrected chi connectivity index (χ4v) is 3.28. The van der Waals surface area contributed by atoms with Gasteiger partial charge in [-0.05, 0) is 52.4 Å². The van der Waals surface area contributed by atoms with Crippen LogP contribution in [0.4, 0.5) is 0 Å². The van der Waals surface area contributed by atoms with Crippen molar-refractivity contribution < 1.29 is 4.48 Å². The predicted octanol–water partition coefficient (Wildman–Crippen LogP) is 7.51. The molecule has 0 atom stereocenters. The van der Waals surface area contributed by atoms with Crippen molar-refractivity contribution in [3.63, 3.8) is 0 Å². The van der Waals surface area contributed by atoms with Gasteiger partial charge in [0, 0.05) is 0 Å². The fraction of sp³-hybridized carbons (Fsp3) is 0.913. The number of allylic oxidation sites excluding steroid dienone is 2. The summed E-state index contributed by atoms with van der Waals surface area (Å²) in [5.74, 6) is 0. The monoisotopic (exact) mass is 338 g/mol. The molecule has 0 N–H and O–H groups in total. The lowest BCUT2D eigenvalue weighted by Gasteiger charge is -2.32. The van der Waals surface area contributed by atoms with Crippen molar-refractivity contribution in [2.45, 2.75) is 111 Å². The van der Waals surface area contributed by atoms with Crippen LogP contribution in [0.5, 0.6) is 0 Å². The maximum atomic E-state index is 2.43. The molecule has 0 aliphatic carbocycles. The minimum Gasteiger partial charge on any atom is -0.327 e. The van der Waals surface area contributed by atoms with Crippen LogP contribution < -0.4 is 0 Å². The first kappa shape index (κ1) is 23.7. The molecule has 0 fully saturated rings. The molecule has 24 heavy (non-hydrogen) atoms. The first-order chi connectivity index (χ1) is 11.7. The van der Waals surface area contributed by atoms with Gasteiger partial charge in [0.1, 0.15) is 0 Å². The van der Waals surface area contributed by atoms with Crippen molar-refractivity contribution in [1.82, 2.24) is 0 Å². The van der Waals surface area contributed by atoms with Gasteiger partial charge < -0.3 is 4.48 Å². The summed E-state index contributed by atoms with van der Waals surface area (Å²) in [6.45, 7) is 10.9. The molecule has 0 aromatic rings. The summed E-state index contributed by atoms with van der Waals surface area (Å²) >= 11 is 0. The number of rotatable bonds is 18. The molecule has 0 aliphatic heterocycles. The van der Waals surface area contributed by atoms with Crippen molar-refractivity contribution in [3.8, 4) is 0 Å². The minimum atomic E-state index is 1.25. The second-order valence-electron chi connectivity index (χ2n) is 7.91. The van der Waals surface area contributed by atoms with Crippen LogP contribution >= 0.6 is 0 Å². The zero-order valence-corrected chi connectivity index (χ0v) is 17.6. The molecule has 0 radical (unpaired) electrons. The van der Waals surface area contributed by atoms with Crippen LogP contribution in [-0.2, 0) is 0 Å². The molecule has 144 valence electrons. The molecular formula is C23H48N+. The van der Waals surface area contributed by atoms with E-state index in [1.807, 2.05) is 0 Å². The first-order valence-electron chi connectivity index (χ1n) is 11.2. The maximum Gasteiger partial charge on any atom is 0.0784 e. The molecule has 0 aromatic carbocycles. The van der Waals surface area contributed by atoms with Crippen molar-refractivity contribution in [2.75, 3.05) is 26.7 Å². The van der Waals surface area contributed by atoms with Gasteiger partial charge in [0.2, 0.25) is 0 Å². The van der Waals surface area contributed by atoms with Gasteiger partial charge in [0.25, 0.3) is 0 Å². The van der Waals surface area contributed by atoms with E-state index in [0.717, 1.165) is 0 Å². The van der Waals surface area contributed by atoms with Crippen molar-refractivity contribution in [1.29, 1.82) is 0 Å². The Morgan fingerprint density at radius 2 is 0.958 bits per heavy atom. The molecule has 0 heterocycles. The normalized spacial score (nSPS) is 12.3. The Morgan fingerprint density at radius 3 is 1.42 bits per heavy atom. The maximum absolute atomic E-state index is 2.43. The highest BCUT2D eigenvalue weighted by Crippen LogP contribution is 2.11. The van der Waals surface area contributed by atoms with Crippen LogP contribution in [0.2, 0.25) is 0 Å². The van der Waals surface area contributed by atoms with Crippen LogP contribution in [0.15, 0.2) is 12.2 Å². The predicted molar refractivity (Wildman–Crippen MR) is 112 cm³/mol. The Bertz CT molecular complexity index is 265. The number of nitrogens with zero attached hydrogens (tertiary/aromatic N) is 1. The molecule has 1 heteroatoms.